The van der Waals surface area contributed by atoms with Crippen molar-refractivity contribution in [3.8, 4) is 17.2 Å². The Balaban J connectivity index is 1.75. The number of benzene rings is 2. The van der Waals surface area contributed by atoms with Crippen molar-refractivity contribution in [3.05, 3.63) is 59.2 Å². The number of likely N-dealkylation sites (tertiary alicyclic amines) is 1. The van der Waals surface area contributed by atoms with E-state index in [0.29, 0.717) is 54.6 Å². The molecule has 2 aliphatic rings. The van der Waals surface area contributed by atoms with E-state index in [4.69, 9.17) is 18.9 Å². The summed E-state index contributed by atoms with van der Waals surface area (Å²) in [6.07, 6.45) is 0.665. The molecule has 2 saturated heterocycles. The zero-order valence-corrected chi connectivity index (χ0v) is 20.9. The summed E-state index contributed by atoms with van der Waals surface area (Å²) in [4.78, 5) is 30.4. The highest BCUT2D eigenvalue weighted by atomic mass is 16.5. The molecule has 1 atom stereocenters. The minimum atomic E-state index is -0.832. The van der Waals surface area contributed by atoms with Gasteiger partial charge in [-0.2, -0.15) is 0 Å². The largest absolute Gasteiger partial charge is 0.507 e. The Morgan fingerprint density at radius 1 is 0.944 bits per heavy atom. The summed E-state index contributed by atoms with van der Waals surface area (Å²) in [6, 6.07) is 11.1. The Hall–Kier alpha value is -3.56. The number of ketones is 1. The van der Waals surface area contributed by atoms with E-state index in [2.05, 4.69) is 4.90 Å². The number of hydrogen-bond acceptors (Lipinski definition) is 8. The van der Waals surface area contributed by atoms with Gasteiger partial charge in [0.1, 0.15) is 23.0 Å². The second-order valence-corrected chi connectivity index (χ2v) is 8.64. The molecule has 2 aromatic rings. The highest BCUT2D eigenvalue weighted by Gasteiger charge is 2.47. The first-order valence-electron chi connectivity index (χ1n) is 11.9. The van der Waals surface area contributed by atoms with Crippen LogP contribution in [0.15, 0.2) is 48.0 Å². The number of Topliss-reactive ketones (excluding diaryl/α,β-unsaturated/α-hetero) is 1. The van der Waals surface area contributed by atoms with Gasteiger partial charge in [-0.1, -0.05) is 0 Å². The maximum atomic E-state index is 13.3. The van der Waals surface area contributed by atoms with Crippen molar-refractivity contribution in [3.63, 3.8) is 0 Å². The zero-order chi connectivity index (χ0) is 25.7. The van der Waals surface area contributed by atoms with Crippen LogP contribution in [0.25, 0.3) is 5.76 Å². The zero-order valence-electron chi connectivity index (χ0n) is 20.9. The number of methoxy groups -OCH3 is 3. The normalized spacial score (nSPS) is 20.0. The highest BCUT2D eigenvalue weighted by molar-refractivity contribution is 6.46. The van der Waals surface area contributed by atoms with Crippen molar-refractivity contribution in [2.24, 2.45) is 0 Å². The lowest BCUT2D eigenvalue weighted by Crippen LogP contribution is -2.39. The fraction of sp³-hybridized carbons (Fsp3) is 0.407. The van der Waals surface area contributed by atoms with Crippen LogP contribution in [0.1, 0.15) is 23.6 Å². The Morgan fingerprint density at radius 3 is 2.25 bits per heavy atom. The van der Waals surface area contributed by atoms with Crippen molar-refractivity contribution >= 4 is 17.4 Å². The van der Waals surface area contributed by atoms with Gasteiger partial charge in [-0.15, -0.1) is 0 Å². The number of aliphatic hydroxyl groups is 1. The van der Waals surface area contributed by atoms with E-state index in [9.17, 15) is 14.7 Å². The Kier molecular flexibility index (Phi) is 8.12. The van der Waals surface area contributed by atoms with E-state index in [-0.39, 0.29) is 11.3 Å². The molecule has 36 heavy (non-hydrogen) atoms. The summed E-state index contributed by atoms with van der Waals surface area (Å²) in [5, 5.41) is 11.3. The molecule has 0 bridgehead atoms. The monoisotopic (exact) mass is 496 g/mol. The molecule has 2 fully saturated rings. The standard InChI is InChI=1S/C27H32N2O7/c1-33-19-7-5-18(6-8-19)25(30)23-24(21-17-20(34-2)9-10-22(21)35-3)29(27(32)26(23)31)12-4-11-28-13-15-36-16-14-28/h5-10,17,24,30H,4,11-16H2,1-3H3. The van der Waals surface area contributed by atoms with Gasteiger partial charge < -0.3 is 29.0 Å². The van der Waals surface area contributed by atoms with E-state index in [1.165, 1.54) is 12.0 Å². The first kappa shape index (κ1) is 25.5. The molecule has 9 heteroatoms. The minimum absolute atomic E-state index is 0.0168. The van der Waals surface area contributed by atoms with Gasteiger partial charge in [0.15, 0.2) is 0 Å². The van der Waals surface area contributed by atoms with E-state index < -0.39 is 17.7 Å². The first-order chi connectivity index (χ1) is 17.5. The van der Waals surface area contributed by atoms with Gasteiger partial charge in [-0.05, 0) is 48.9 Å². The minimum Gasteiger partial charge on any atom is -0.507 e. The third-order valence-corrected chi connectivity index (χ3v) is 6.61. The predicted molar refractivity (Wildman–Crippen MR) is 133 cm³/mol. The van der Waals surface area contributed by atoms with Crippen LogP contribution in [0.4, 0.5) is 0 Å². The fourth-order valence-corrected chi connectivity index (χ4v) is 4.68. The molecule has 4 rings (SSSR count). The van der Waals surface area contributed by atoms with E-state index >= 15 is 0 Å². The molecule has 9 nitrogen and oxygen atoms in total. The van der Waals surface area contributed by atoms with Crippen LogP contribution in [0, 0.1) is 0 Å². The summed E-state index contributed by atoms with van der Waals surface area (Å²) in [6.45, 7) is 4.16. The molecule has 0 saturated carbocycles. The second kappa shape index (κ2) is 11.5. The Morgan fingerprint density at radius 2 is 1.61 bits per heavy atom. The van der Waals surface area contributed by atoms with Gasteiger partial charge in [-0.3, -0.25) is 14.5 Å². The molecule has 1 N–H and O–H groups in total. The van der Waals surface area contributed by atoms with Crippen LogP contribution in [0.5, 0.6) is 17.2 Å². The second-order valence-electron chi connectivity index (χ2n) is 8.64. The number of ether oxygens (including phenoxy) is 4. The third-order valence-electron chi connectivity index (χ3n) is 6.61. The molecule has 0 spiro atoms. The number of hydrogen-bond donors (Lipinski definition) is 1. The molecule has 0 aliphatic carbocycles. The number of rotatable bonds is 9. The number of morpholine rings is 1. The lowest BCUT2D eigenvalue weighted by molar-refractivity contribution is -0.140. The molecule has 1 amide bonds. The van der Waals surface area contributed by atoms with Crippen LogP contribution < -0.4 is 14.2 Å². The molecule has 2 heterocycles. The van der Waals surface area contributed by atoms with Crippen LogP contribution >= 0.6 is 0 Å². The smallest absolute Gasteiger partial charge is 0.295 e. The van der Waals surface area contributed by atoms with Crippen LogP contribution in [-0.4, -0.2) is 87.3 Å². The van der Waals surface area contributed by atoms with Crippen molar-refractivity contribution < 1.29 is 33.6 Å². The average molecular weight is 497 g/mol. The summed E-state index contributed by atoms with van der Waals surface area (Å²) < 4.78 is 21.6. The SMILES string of the molecule is COc1ccc(C(O)=C2C(=O)C(=O)N(CCCN3CCOCC3)C2c2cc(OC)ccc2OC)cc1. The Bertz CT molecular complexity index is 1120. The summed E-state index contributed by atoms with van der Waals surface area (Å²) in [5.41, 5.74) is 0.995. The van der Waals surface area contributed by atoms with Crippen molar-refractivity contribution in [2.45, 2.75) is 12.5 Å². The lowest BCUT2D eigenvalue weighted by Gasteiger charge is -2.29. The van der Waals surface area contributed by atoms with Crippen LogP contribution in [0.2, 0.25) is 0 Å². The molecule has 0 radical (unpaired) electrons. The maximum Gasteiger partial charge on any atom is 0.295 e. The number of amides is 1. The topological polar surface area (TPSA) is 97.8 Å². The fourth-order valence-electron chi connectivity index (χ4n) is 4.68. The van der Waals surface area contributed by atoms with Gasteiger partial charge in [-0.25, -0.2) is 0 Å². The molecule has 2 aromatic carbocycles. The van der Waals surface area contributed by atoms with Gasteiger partial charge in [0, 0.05) is 37.3 Å². The van der Waals surface area contributed by atoms with Crippen LogP contribution in [0.3, 0.4) is 0 Å². The van der Waals surface area contributed by atoms with E-state index in [1.54, 1.807) is 56.7 Å². The highest BCUT2D eigenvalue weighted by Crippen LogP contribution is 2.44. The first-order valence-corrected chi connectivity index (χ1v) is 11.9. The number of carbonyl (C=O) groups excluding carboxylic acids is 2. The van der Waals surface area contributed by atoms with Crippen molar-refractivity contribution in [2.75, 3.05) is 60.7 Å². The average Bonchev–Trinajstić information content (AvgIpc) is 3.17. The summed E-state index contributed by atoms with van der Waals surface area (Å²) in [5.74, 6) is 0.0184. The lowest BCUT2D eigenvalue weighted by atomic mass is 9.94. The number of nitrogens with zero attached hydrogens (tertiary/aromatic N) is 2. The molecular formula is C27H32N2O7. The summed E-state index contributed by atoms with van der Waals surface area (Å²) in [7, 11) is 4.62. The molecular weight excluding hydrogens is 464 g/mol. The van der Waals surface area contributed by atoms with Crippen molar-refractivity contribution in [1.29, 1.82) is 0 Å². The molecule has 0 aromatic heterocycles. The molecule has 1 unspecified atom stereocenters. The van der Waals surface area contributed by atoms with Crippen LogP contribution in [-0.2, 0) is 14.3 Å². The van der Waals surface area contributed by atoms with Gasteiger partial charge >= 0.3 is 0 Å². The van der Waals surface area contributed by atoms with Crippen molar-refractivity contribution in [1.82, 2.24) is 9.80 Å². The number of carbonyl (C=O) groups is 2. The predicted octanol–water partition coefficient (Wildman–Crippen LogP) is 2.86. The van der Waals surface area contributed by atoms with E-state index in [0.717, 1.165) is 19.6 Å². The van der Waals surface area contributed by atoms with E-state index in [1.807, 2.05) is 0 Å². The molecule has 2 aliphatic heterocycles. The summed E-state index contributed by atoms with van der Waals surface area (Å²) >= 11 is 0. The van der Waals surface area contributed by atoms with Gasteiger partial charge in [0.25, 0.3) is 11.7 Å². The van der Waals surface area contributed by atoms with Gasteiger partial charge in [0.05, 0.1) is 46.2 Å². The Labute approximate surface area is 210 Å². The van der Waals surface area contributed by atoms with Gasteiger partial charge in [0.2, 0.25) is 0 Å². The third kappa shape index (κ3) is 5.17. The number of aliphatic hydroxyl groups excluding tert-OH is 1. The maximum absolute atomic E-state index is 13.3. The molecule has 192 valence electrons. The quantitative estimate of drug-likeness (QED) is 0.322.